The van der Waals surface area contributed by atoms with Crippen LogP contribution in [-0.4, -0.2) is 17.5 Å². The SMILES string of the molecule is CCCCOc1ccc(C(=O)Nc2nc3c(Cl)cccc3s2)cc1. The maximum absolute atomic E-state index is 12.3. The van der Waals surface area contributed by atoms with Crippen molar-refractivity contribution in [2.45, 2.75) is 19.8 Å². The Morgan fingerprint density at radius 1 is 1.25 bits per heavy atom. The summed E-state index contributed by atoms with van der Waals surface area (Å²) in [5.41, 5.74) is 1.27. The number of fused-ring (bicyclic) bond motifs is 1. The van der Waals surface area contributed by atoms with E-state index in [0.29, 0.717) is 27.8 Å². The quantitative estimate of drug-likeness (QED) is 0.600. The Hall–Kier alpha value is -2.11. The van der Waals surface area contributed by atoms with E-state index in [9.17, 15) is 4.79 Å². The molecule has 124 valence electrons. The number of nitrogens with one attached hydrogen (secondary N) is 1. The number of hydrogen-bond acceptors (Lipinski definition) is 4. The molecule has 3 rings (SSSR count). The molecule has 0 saturated heterocycles. The van der Waals surface area contributed by atoms with Gasteiger partial charge in [0.2, 0.25) is 0 Å². The van der Waals surface area contributed by atoms with Crippen molar-refractivity contribution in [3.63, 3.8) is 0 Å². The highest BCUT2D eigenvalue weighted by molar-refractivity contribution is 7.22. The summed E-state index contributed by atoms with van der Waals surface area (Å²) in [6, 6.07) is 12.7. The number of anilines is 1. The Labute approximate surface area is 149 Å². The second-order valence-corrected chi connectivity index (χ2v) is 6.72. The van der Waals surface area contributed by atoms with Crippen LogP contribution in [0.25, 0.3) is 10.2 Å². The van der Waals surface area contributed by atoms with Gasteiger partial charge in [0.15, 0.2) is 5.13 Å². The first kappa shape index (κ1) is 16.7. The van der Waals surface area contributed by atoms with Gasteiger partial charge in [-0.25, -0.2) is 4.98 Å². The first-order valence-electron chi connectivity index (χ1n) is 7.76. The van der Waals surface area contributed by atoms with Crippen LogP contribution < -0.4 is 10.1 Å². The van der Waals surface area contributed by atoms with E-state index in [1.807, 2.05) is 12.1 Å². The van der Waals surface area contributed by atoms with E-state index in [0.717, 1.165) is 23.3 Å². The molecule has 0 radical (unpaired) electrons. The number of benzene rings is 2. The van der Waals surface area contributed by atoms with Gasteiger partial charge in [-0.3, -0.25) is 10.1 Å². The number of aromatic nitrogens is 1. The fourth-order valence-corrected chi connectivity index (χ4v) is 3.34. The first-order chi connectivity index (χ1) is 11.7. The van der Waals surface area contributed by atoms with E-state index < -0.39 is 0 Å². The summed E-state index contributed by atoms with van der Waals surface area (Å²) in [5.74, 6) is 0.567. The molecule has 4 nitrogen and oxygen atoms in total. The zero-order valence-corrected chi connectivity index (χ0v) is 14.8. The fraction of sp³-hybridized carbons (Fsp3) is 0.222. The van der Waals surface area contributed by atoms with Crippen LogP contribution in [0.5, 0.6) is 5.75 Å². The van der Waals surface area contributed by atoms with Crippen LogP contribution >= 0.6 is 22.9 Å². The van der Waals surface area contributed by atoms with Crippen molar-refractivity contribution in [1.82, 2.24) is 4.98 Å². The van der Waals surface area contributed by atoms with Crippen molar-refractivity contribution in [3.8, 4) is 5.75 Å². The predicted octanol–water partition coefficient (Wildman–Crippen LogP) is 5.38. The average Bonchev–Trinajstić information content (AvgIpc) is 2.99. The molecule has 6 heteroatoms. The lowest BCUT2D eigenvalue weighted by molar-refractivity contribution is 0.102. The van der Waals surface area contributed by atoms with E-state index in [-0.39, 0.29) is 5.91 Å². The van der Waals surface area contributed by atoms with Crippen LogP contribution in [0.2, 0.25) is 5.02 Å². The zero-order valence-electron chi connectivity index (χ0n) is 13.2. The van der Waals surface area contributed by atoms with Crippen molar-refractivity contribution in [1.29, 1.82) is 0 Å². The van der Waals surface area contributed by atoms with Gasteiger partial charge < -0.3 is 4.74 Å². The van der Waals surface area contributed by atoms with Crippen LogP contribution in [0, 0.1) is 0 Å². The topological polar surface area (TPSA) is 51.2 Å². The molecule has 0 aliphatic carbocycles. The number of amides is 1. The van der Waals surface area contributed by atoms with Gasteiger partial charge in [0, 0.05) is 5.56 Å². The van der Waals surface area contributed by atoms with Crippen molar-refractivity contribution >= 4 is 44.2 Å². The van der Waals surface area contributed by atoms with Gasteiger partial charge in [-0.05, 0) is 42.8 Å². The number of halogens is 1. The molecule has 24 heavy (non-hydrogen) atoms. The lowest BCUT2D eigenvalue weighted by Gasteiger charge is -2.06. The second-order valence-electron chi connectivity index (χ2n) is 5.29. The standard InChI is InChI=1S/C18H17ClN2O2S/c1-2-3-11-23-13-9-7-12(8-10-13)17(22)21-18-20-16-14(19)5-4-6-15(16)24-18/h4-10H,2-3,11H2,1H3,(H,20,21,22). The average molecular weight is 361 g/mol. The molecule has 1 amide bonds. The normalized spacial score (nSPS) is 10.8. The number of nitrogens with zero attached hydrogens (tertiary/aromatic N) is 1. The number of carbonyl (C=O) groups excluding carboxylic acids is 1. The Balaban J connectivity index is 1.68. The molecule has 0 spiro atoms. The molecule has 3 aromatic rings. The van der Waals surface area contributed by atoms with Gasteiger partial charge in [0.25, 0.3) is 5.91 Å². The molecular weight excluding hydrogens is 344 g/mol. The molecule has 1 aromatic heterocycles. The summed E-state index contributed by atoms with van der Waals surface area (Å²) >= 11 is 7.51. The third-order valence-electron chi connectivity index (χ3n) is 3.47. The van der Waals surface area contributed by atoms with Gasteiger partial charge in [0.05, 0.1) is 16.3 Å². The van der Waals surface area contributed by atoms with E-state index >= 15 is 0 Å². The number of hydrogen-bond donors (Lipinski definition) is 1. The summed E-state index contributed by atoms with van der Waals surface area (Å²) in [6.45, 7) is 2.81. The minimum absolute atomic E-state index is 0.203. The lowest BCUT2D eigenvalue weighted by atomic mass is 10.2. The monoisotopic (exact) mass is 360 g/mol. The molecule has 0 unspecified atom stereocenters. The Morgan fingerprint density at radius 2 is 2.04 bits per heavy atom. The van der Waals surface area contributed by atoms with Crippen LogP contribution in [-0.2, 0) is 0 Å². The highest BCUT2D eigenvalue weighted by Gasteiger charge is 2.11. The molecule has 1 N–H and O–H groups in total. The summed E-state index contributed by atoms with van der Waals surface area (Å²) in [5, 5.41) is 3.93. The smallest absolute Gasteiger partial charge is 0.257 e. The largest absolute Gasteiger partial charge is 0.494 e. The molecule has 0 bridgehead atoms. The molecule has 0 fully saturated rings. The molecule has 2 aromatic carbocycles. The maximum atomic E-state index is 12.3. The van der Waals surface area contributed by atoms with Gasteiger partial charge >= 0.3 is 0 Å². The van der Waals surface area contributed by atoms with Crippen molar-refractivity contribution in [2.24, 2.45) is 0 Å². The molecule has 0 aliphatic rings. The highest BCUT2D eigenvalue weighted by Crippen LogP contribution is 2.30. The zero-order chi connectivity index (χ0) is 16.9. The number of rotatable bonds is 6. The van der Waals surface area contributed by atoms with Gasteiger partial charge in [-0.15, -0.1) is 0 Å². The molecule has 0 saturated carbocycles. The summed E-state index contributed by atoms with van der Waals surface area (Å²) < 4.78 is 6.54. The Kier molecular flexibility index (Phi) is 5.33. The molecule has 0 atom stereocenters. The van der Waals surface area contributed by atoms with Crippen molar-refractivity contribution < 1.29 is 9.53 Å². The van der Waals surface area contributed by atoms with Crippen LogP contribution in [0.4, 0.5) is 5.13 Å². The minimum Gasteiger partial charge on any atom is -0.494 e. The molecule has 1 heterocycles. The highest BCUT2D eigenvalue weighted by atomic mass is 35.5. The van der Waals surface area contributed by atoms with Gasteiger partial charge in [-0.2, -0.15) is 0 Å². The second kappa shape index (κ2) is 7.64. The minimum atomic E-state index is -0.203. The third-order valence-corrected chi connectivity index (χ3v) is 4.71. The first-order valence-corrected chi connectivity index (χ1v) is 8.96. The Bertz CT molecular complexity index is 846. The van der Waals surface area contributed by atoms with E-state index in [2.05, 4.69) is 17.2 Å². The summed E-state index contributed by atoms with van der Waals surface area (Å²) in [6.07, 6.45) is 2.11. The van der Waals surface area contributed by atoms with Crippen LogP contribution in [0.1, 0.15) is 30.1 Å². The van der Waals surface area contributed by atoms with Crippen molar-refractivity contribution in [3.05, 3.63) is 53.1 Å². The van der Waals surface area contributed by atoms with E-state index in [1.165, 1.54) is 11.3 Å². The number of para-hydroxylation sites is 1. The van der Waals surface area contributed by atoms with E-state index in [1.54, 1.807) is 30.3 Å². The maximum Gasteiger partial charge on any atom is 0.257 e. The van der Waals surface area contributed by atoms with Gasteiger partial charge in [-0.1, -0.05) is 42.3 Å². The number of thiazole rings is 1. The Morgan fingerprint density at radius 3 is 2.75 bits per heavy atom. The molecular formula is C18H17ClN2O2S. The lowest BCUT2D eigenvalue weighted by Crippen LogP contribution is -2.11. The fourth-order valence-electron chi connectivity index (χ4n) is 2.17. The summed E-state index contributed by atoms with van der Waals surface area (Å²) in [7, 11) is 0. The summed E-state index contributed by atoms with van der Waals surface area (Å²) in [4.78, 5) is 16.7. The van der Waals surface area contributed by atoms with Crippen LogP contribution in [0.3, 0.4) is 0 Å². The number of unbranched alkanes of at least 4 members (excludes halogenated alkanes) is 1. The number of carbonyl (C=O) groups is 1. The number of ether oxygens (including phenoxy) is 1. The van der Waals surface area contributed by atoms with Gasteiger partial charge in [0.1, 0.15) is 11.3 Å². The van der Waals surface area contributed by atoms with Crippen molar-refractivity contribution in [2.75, 3.05) is 11.9 Å². The van der Waals surface area contributed by atoms with E-state index in [4.69, 9.17) is 16.3 Å². The van der Waals surface area contributed by atoms with Crippen LogP contribution in [0.15, 0.2) is 42.5 Å². The third kappa shape index (κ3) is 3.86. The molecule has 0 aliphatic heterocycles. The predicted molar refractivity (Wildman–Crippen MR) is 99.4 cm³/mol.